The molecule has 0 fully saturated rings. The third kappa shape index (κ3) is 3.75. The Bertz CT molecular complexity index is 391. The monoisotopic (exact) mass is 353 g/mol. The van der Waals surface area contributed by atoms with Crippen LogP contribution in [-0.2, 0) is 4.79 Å². The molecule has 1 heterocycles. The van der Waals surface area contributed by atoms with Crippen LogP contribution in [0.5, 0.6) is 0 Å². The molecule has 0 aliphatic carbocycles. The zero-order valence-corrected chi connectivity index (χ0v) is 11.7. The van der Waals surface area contributed by atoms with Crippen LogP contribution in [0.4, 0.5) is 0 Å². The number of rotatable bonds is 5. The maximum atomic E-state index is 11.6. The van der Waals surface area contributed by atoms with Crippen LogP contribution in [0, 0.1) is 8.80 Å². The summed E-state index contributed by atoms with van der Waals surface area (Å²) in [6, 6.07) is 1.78. The van der Waals surface area contributed by atoms with Gasteiger partial charge in [0.2, 0.25) is 0 Å². The second-order valence-corrected chi connectivity index (χ2v) is 6.10. The number of aliphatic carboxylic acids is 1. The molecule has 0 aliphatic rings. The third-order valence-corrected chi connectivity index (χ3v) is 3.97. The number of hydrogen-bond acceptors (Lipinski definition) is 3. The normalized spacial score (nSPS) is 12.1. The lowest BCUT2D eigenvalue weighted by atomic mass is 10.1. The van der Waals surface area contributed by atoms with Gasteiger partial charge in [0.05, 0.1) is 14.4 Å². The second kappa shape index (κ2) is 6.19. The van der Waals surface area contributed by atoms with Gasteiger partial charge in [-0.05, 0) is 35.1 Å². The van der Waals surface area contributed by atoms with Gasteiger partial charge in [0.1, 0.15) is 0 Å². The maximum Gasteiger partial charge on any atom is 0.308 e. The number of thiophene rings is 1. The van der Waals surface area contributed by atoms with E-state index in [-0.39, 0.29) is 12.5 Å². The Labute approximate surface area is 111 Å². The van der Waals surface area contributed by atoms with Crippen molar-refractivity contribution in [1.82, 2.24) is 5.32 Å². The first-order valence-electron chi connectivity index (χ1n) is 4.79. The molecule has 0 radical (unpaired) electrons. The van der Waals surface area contributed by atoms with Gasteiger partial charge in [0.15, 0.2) is 0 Å². The highest BCUT2D eigenvalue weighted by molar-refractivity contribution is 14.1. The summed E-state index contributed by atoms with van der Waals surface area (Å²) in [7, 11) is 0. The number of carboxylic acids is 1. The van der Waals surface area contributed by atoms with Crippen LogP contribution >= 0.6 is 33.9 Å². The fourth-order valence-corrected chi connectivity index (χ4v) is 2.48. The Hall–Kier alpha value is -0.630. The zero-order chi connectivity index (χ0) is 12.1. The number of nitrogens with one attached hydrogen (secondary N) is 1. The van der Waals surface area contributed by atoms with Gasteiger partial charge < -0.3 is 10.4 Å². The SMILES string of the molecule is CCC(CNC(=O)c1csc(I)c1)C(=O)O. The smallest absolute Gasteiger partial charge is 0.308 e. The van der Waals surface area contributed by atoms with Crippen molar-refractivity contribution in [3.05, 3.63) is 19.9 Å². The number of carboxylic acid groups (broad SMARTS) is 1. The van der Waals surface area contributed by atoms with Gasteiger partial charge in [-0.25, -0.2) is 0 Å². The van der Waals surface area contributed by atoms with Gasteiger partial charge in [-0.15, -0.1) is 11.3 Å². The second-order valence-electron chi connectivity index (χ2n) is 3.29. The van der Waals surface area contributed by atoms with Crippen LogP contribution in [0.1, 0.15) is 23.7 Å². The van der Waals surface area contributed by atoms with Crippen molar-refractivity contribution in [2.24, 2.45) is 5.92 Å². The molecule has 2 N–H and O–H groups in total. The van der Waals surface area contributed by atoms with E-state index in [4.69, 9.17) is 5.11 Å². The highest BCUT2D eigenvalue weighted by Gasteiger charge is 2.16. The molecule has 88 valence electrons. The quantitative estimate of drug-likeness (QED) is 0.798. The minimum Gasteiger partial charge on any atom is -0.481 e. The van der Waals surface area contributed by atoms with Gasteiger partial charge >= 0.3 is 5.97 Å². The highest BCUT2D eigenvalue weighted by Crippen LogP contribution is 2.16. The van der Waals surface area contributed by atoms with E-state index < -0.39 is 11.9 Å². The summed E-state index contributed by atoms with van der Waals surface area (Å²) in [6.07, 6.45) is 0.511. The van der Waals surface area contributed by atoms with Crippen LogP contribution in [0.15, 0.2) is 11.4 Å². The van der Waals surface area contributed by atoms with Crippen molar-refractivity contribution in [2.75, 3.05) is 6.54 Å². The summed E-state index contributed by atoms with van der Waals surface area (Å²) in [5.41, 5.74) is 0.592. The Kier molecular flexibility index (Phi) is 5.20. The van der Waals surface area contributed by atoms with E-state index in [9.17, 15) is 9.59 Å². The van der Waals surface area contributed by atoms with Crippen LogP contribution in [0.2, 0.25) is 0 Å². The molecule has 0 bridgehead atoms. The molecule has 1 atom stereocenters. The Balaban J connectivity index is 2.49. The zero-order valence-electron chi connectivity index (χ0n) is 8.70. The molecule has 4 nitrogen and oxygen atoms in total. The molecule has 6 heteroatoms. The number of halogens is 1. The molecular weight excluding hydrogens is 341 g/mol. The molecule has 1 aromatic heterocycles. The van der Waals surface area contributed by atoms with E-state index in [0.717, 1.165) is 2.88 Å². The van der Waals surface area contributed by atoms with Crippen molar-refractivity contribution < 1.29 is 14.7 Å². The van der Waals surface area contributed by atoms with Crippen LogP contribution < -0.4 is 5.32 Å². The number of carbonyl (C=O) groups excluding carboxylic acids is 1. The minimum atomic E-state index is -0.873. The first kappa shape index (κ1) is 13.4. The van der Waals surface area contributed by atoms with E-state index in [1.165, 1.54) is 11.3 Å². The van der Waals surface area contributed by atoms with Gasteiger partial charge in [-0.3, -0.25) is 9.59 Å². The topological polar surface area (TPSA) is 66.4 Å². The van der Waals surface area contributed by atoms with Gasteiger partial charge in [0.25, 0.3) is 5.91 Å². The highest BCUT2D eigenvalue weighted by atomic mass is 127. The summed E-state index contributed by atoms with van der Waals surface area (Å²) >= 11 is 3.63. The average Bonchev–Trinajstić information content (AvgIpc) is 2.65. The molecule has 0 saturated carbocycles. The largest absolute Gasteiger partial charge is 0.481 e. The fourth-order valence-electron chi connectivity index (χ4n) is 1.15. The molecule has 1 rings (SSSR count). The first-order valence-corrected chi connectivity index (χ1v) is 6.75. The van der Waals surface area contributed by atoms with E-state index in [1.807, 2.05) is 0 Å². The van der Waals surface area contributed by atoms with E-state index in [0.29, 0.717) is 12.0 Å². The minimum absolute atomic E-state index is 0.178. The molecule has 0 saturated heterocycles. The first-order chi connectivity index (χ1) is 7.54. The standard InChI is InChI=1S/C10H12INO3S/c1-2-6(10(14)15)4-12-9(13)7-3-8(11)16-5-7/h3,5-6H,2,4H2,1H3,(H,12,13)(H,14,15). The molecule has 0 spiro atoms. The van der Waals surface area contributed by atoms with Crippen molar-refractivity contribution in [3.63, 3.8) is 0 Å². The molecular formula is C10H12INO3S. The number of hydrogen-bond donors (Lipinski definition) is 2. The summed E-state index contributed by atoms with van der Waals surface area (Å²) < 4.78 is 1.04. The summed E-state index contributed by atoms with van der Waals surface area (Å²) in [4.78, 5) is 22.3. The summed E-state index contributed by atoms with van der Waals surface area (Å²) in [5.74, 6) is -1.59. The molecule has 1 aromatic rings. The number of amides is 1. The van der Waals surface area contributed by atoms with E-state index in [1.54, 1.807) is 18.4 Å². The van der Waals surface area contributed by atoms with E-state index in [2.05, 4.69) is 27.9 Å². The predicted molar refractivity (Wildman–Crippen MR) is 70.8 cm³/mol. The fraction of sp³-hybridized carbons (Fsp3) is 0.400. The molecule has 1 amide bonds. The van der Waals surface area contributed by atoms with Crippen LogP contribution in [-0.4, -0.2) is 23.5 Å². The lowest BCUT2D eigenvalue weighted by molar-refractivity contribution is -0.141. The van der Waals surface area contributed by atoms with Crippen molar-refractivity contribution >= 4 is 45.8 Å². The van der Waals surface area contributed by atoms with Crippen molar-refractivity contribution in [3.8, 4) is 0 Å². The van der Waals surface area contributed by atoms with Crippen molar-refractivity contribution in [1.29, 1.82) is 0 Å². The van der Waals surface area contributed by atoms with Crippen molar-refractivity contribution in [2.45, 2.75) is 13.3 Å². The lowest BCUT2D eigenvalue weighted by Gasteiger charge is -2.10. The number of carbonyl (C=O) groups is 2. The van der Waals surface area contributed by atoms with Gasteiger partial charge in [-0.1, -0.05) is 6.92 Å². The molecule has 0 aromatic carbocycles. The molecule has 16 heavy (non-hydrogen) atoms. The summed E-state index contributed by atoms with van der Waals surface area (Å²) in [5, 5.41) is 13.2. The lowest BCUT2D eigenvalue weighted by Crippen LogP contribution is -2.32. The maximum absolute atomic E-state index is 11.6. The Morgan fingerprint density at radius 1 is 1.62 bits per heavy atom. The van der Waals surface area contributed by atoms with Gasteiger partial charge in [-0.2, -0.15) is 0 Å². The average molecular weight is 353 g/mol. The molecule has 1 unspecified atom stereocenters. The predicted octanol–water partition coefficient (Wildman–Crippen LogP) is 2.19. The third-order valence-electron chi connectivity index (χ3n) is 2.18. The van der Waals surface area contributed by atoms with E-state index >= 15 is 0 Å². The van der Waals surface area contributed by atoms with Crippen LogP contribution in [0.25, 0.3) is 0 Å². The molecule has 0 aliphatic heterocycles. The Morgan fingerprint density at radius 2 is 2.31 bits per heavy atom. The Morgan fingerprint density at radius 3 is 2.75 bits per heavy atom. The van der Waals surface area contributed by atoms with Gasteiger partial charge in [0, 0.05) is 11.9 Å². The van der Waals surface area contributed by atoms with Crippen LogP contribution in [0.3, 0.4) is 0 Å². The summed E-state index contributed by atoms with van der Waals surface area (Å²) in [6.45, 7) is 1.97.